The molecule has 1 aromatic rings. The van der Waals surface area contributed by atoms with Crippen molar-refractivity contribution in [2.75, 3.05) is 46.4 Å². The standard InChI is InChI=1S/C17H27N3O2.2ClH/c1-14(16(18)15-6-4-3-5-7-15)17(21)20-10-8-19(9-11-20)12-13-22-2;;/h3-7,14,16H,8-13,18H2,1-2H3;2*1H. The topological polar surface area (TPSA) is 58.8 Å². The maximum atomic E-state index is 12.6. The minimum Gasteiger partial charge on any atom is -0.383 e. The molecule has 138 valence electrons. The molecule has 1 heterocycles. The van der Waals surface area contributed by atoms with E-state index < -0.39 is 0 Å². The molecule has 0 bridgehead atoms. The summed E-state index contributed by atoms with van der Waals surface area (Å²) in [5.41, 5.74) is 7.28. The quantitative estimate of drug-likeness (QED) is 0.822. The van der Waals surface area contributed by atoms with Crippen molar-refractivity contribution in [1.82, 2.24) is 9.80 Å². The van der Waals surface area contributed by atoms with Crippen molar-refractivity contribution in [3.05, 3.63) is 35.9 Å². The van der Waals surface area contributed by atoms with E-state index in [2.05, 4.69) is 4.90 Å². The zero-order valence-electron chi connectivity index (χ0n) is 14.4. The van der Waals surface area contributed by atoms with Gasteiger partial charge in [-0.1, -0.05) is 37.3 Å². The van der Waals surface area contributed by atoms with Crippen LogP contribution < -0.4 is 5.73 Å². The van der Waals surface area contributed by atoms with Crippen molar-refractivity contribution in [2.24, 2.45) is 11.7 Å². The highest BCUT2D eigenvalue weighted by molar-refractivity contribution is 5.85. The molecule has 0 saturated carbocycles. The van der Waals surface area contributed by atoms with Gasteiger partial charge in [0.1, 0.15) is 0 Å². The van der Waals surface area contributed by atoms with Crippen molar-refractivity contribution in [1.29, 1.82) is 0 Å². The summed E-state index contributed by atoms with van der Waals surface area (Å²) in [7, 11) is 1.71. The average molecular weight is 378 g/mol. The number of hydrogen-bond donors (Lipinski definition) is 1. The Morgan fingerprint density at radius 3 is 2.29 bits per heavy atom. The minimum atomic E-state index is -0.250. The maximum Gasteiger partial charge on any atom is 0.227 e. The smallest absolute Gasteiger partial charge is 0.227 e. The van der Waals surface area contributed by atoms with Crippen LogP contribution in [0.25, 0.3) is 0 Å². The molecule has 2 rings (SSSR count). The number of rotatable bonds is 6. The molecule has 24 heavy (non-hydrogen) atoms. The van der Waals surface area contributed by atoms with Gasteiger partial charge in [0.15, 0.2) is 0 Å². The SMILES string of the molecule is COCCN1CCN(C(=O)C(C)C(N)c2ccccc2)CC1.Cl.Cl. The number of amides is 1. The number of methoxy groups -OCH3 is 1. The van der Waals surface area contributed by atoms with E-state index in [1.54, 1.807) is 7.11 Å². The van der Waals surface area contributed by atoms with Crippen LogP contribution in [-0.2, 0) is 9.53 Å². The van der Waals surface area contributed by atoms with Gasteiger partial charge in [0, 0.05) is 45.9 Å². The molecule has 1 saturated heterocycles. The molecule has 1 aliphatic heterocycles. The molecule has 2 unspecified atom stereocenters. The number of nitrogens with zero attached hydrogens (tertiary/aromatic N) is 2. The third-order valence-corrected chi connectivity index (χ3v) is 4.41. The summed E-state index contributed by atoms with van der Waals surface area (Å²) in [5, 5.41) is 0. The molecule has 1 aromatic carbocycles. The predicted octanol–water partition coefficient (Wildman–Crippen LogP) is 1.96. The number of hydrogen-bond acceptors (Lipinski definition) is 4. The second-order valence-electron chi connectivity index (χ2n) is 5.88. The Kier molecular flexibility index (Phi) is 11.2. The first kappa shape index (κ1) is 23.1. The number of piperazine rings is 1. The summed E-state index contributed by atoms with van der Waals surface area (Å²) in [6.45, 7) is 6.95. The summed E-state index contributed by atoms with van der Waals surface area (Å²) in [4.78, 5) is 16.9. The first-order valence-corrected chi connectivity index (χ1v) is 7.94. The molecule has 1 amide bonds. The molecule has 2 atom stereocenters. The van der Waals surface area contributed by atoms with Crippen LogP contribution in [0.1, 0.15) is 18.5 Å². The zero-order valence-corrected chi connectivity index (χ0v) is 16.0. The third-order valence-electron chi connectivity index (χ3n) is 4.41. The van der Waals surface area contributed by atoms with Gasteiger partial charge in [-0.15, -0.1) is 24.8 Å². The summed E-state index contributed by atoms with van der Waals surface area (Å²) >= 11 is 0. The van der Waals surface area contributed by atoms with Crippen LogP contribution in [0.5, 0.6) is 0 Å². The molecule has 2 N–H and O–H groups in total. The molecule has 1 fully saturated rings. The van der Waals surface area contributed by atoms with Gasteiger partial charge < -0.3 is 15.4 Å². The number of carbonyl (C=O) groups excluding carboxylic acids is 1. The lowest BCUT2D eigenvalue weighted by atomic mass is 9.94. The number of carbonyl (C=O) groups is 1. The van der Waals surface area contributed by atoms with Gasteiger partial charge in [-0.25, -0.2) is 0 Å². The highest BCUT2D eigenvalue weighted by atomic mass is 35.5. The van der Waals surface area contributed by atoms with Gasteiger partial charge in [0.05, 0.1) is 12.5 Å². The van der Waals surface area contributed by atoms with Crippen LogP contribution in [-0.4, -0.2) is 62.1 Å². The van der Waals surface area contributed by atoms with Crippen LogP contribution in [0.4, 0.5) is 0 Å². The largest absolute Gasteiger partial charge is 0.383 e. The van der Waals surface area contributed by atoms with Crippen LogP contribution in [0.15, 0.2) is 30.3 Å². The van der Waals surface area contributed by atoms with Crippen molar-refractivity contribution in [3.63, 3.8) is 0 Å². The Balaban J connectivity index is 0.00000264. The monoisotopic (exact) mass is 377 g/mol. The lowest BCUT2D eigenvalue weighted by molar-refractivity contribution is -0.137. The lowest BCUT2D eigenvalue weighted by Gasteiger charge is -2.36. The third kappa shape index (κ3) is 6.22. The predicted molar refractivity (Wildman–Crippen MR) is 102 cm³/mol. The number of ether oxygens (including phenoxy) is 1. The van der Waals surface area contributed by atoms with Gasteiger partial charge in [-0.3, -0.25) is 9.69 Å². The zero-order chi connectivity index (χ0) is 15.9. The summed E-state index contributed by atoms with van der Waals surface area (Å²) in [5.74, 6) is -0.0457. The first-order valence-electron chi connectivity index (χ1n) is 7.94. The highest BCUT2D eigenvalue weighted by Gasteiger charge is 2.28. The Labute approximate surface area is 157 Å². The maximum absolute atomic E-state index is 12.6. The van der Waals surface area contributed by atoms with E-state index in [9.17, 15) is 4.79 Å². The van der Waals surface area contributed by atoms with Crippen molar-refractivity contribution in [2.45, 2.75) is 13.0 Å². The van der Waals surface area contributed by atoms with Crippen LogP contribution >= 0.6 is 24.8 Å². The molecule has 0 radical (unpaired) electrons. The Morgan fingerprint density at radius 2 is 1.75 bits per heavy atom. The minimum absolute atomic E-state index is 0. The molecular weight excluding hydrogens is 349 g/mol. The number of halogens is 2. The van der Waals surface area contributed by atoms with Crippen molar-refractivity contribution < 1.29 is 9.53 Å². The second-order valence-corrected chi connectivity index (χ2v) is 5.88. The fourth-order valence-corrected chi connectivity index (χ4v) is 2.82. The van der Waals surface area contributed by atoms with Gasteiger partial charge in [0.2, 0.25) is 5.91 Å². The van der Waals surface area contributed by atoms with Gasteiger partial charge >= 0.3 is 0 Å². The average Bonchev–Trinajstić information content (AvgIpc) is 2.59. The second kappa shape index (κ2) is 11.7. The number of benzene rings is 1. The van der Waals surface area contributed by atoms with Crippen LogP contribution in [0, 0.1) is 5.92 Å². The van der Waals surface area contributed by atoms with Crippen molar-refractivity contribution >= 4 is 30.7 Å². The molecule has 0 aliphatic carbocycles. The van der Waals surface area contributed by atoms with Crippen molar-refractivity contribution in [3.8, 4) is 0 Å². The van der Waals surface area contributed by atoms with E-state index in [4.69, 9.17) is 10.5 Å². The van der Waals surface area contributed by atoms with E-state index in [1.807, 2.05) is 42.2 Å². The fraction of sp³-hybridized carbons (Fsp3) is 0.588. The summed E-state index contributed by atoms with van der Waals surface area (Å²) in [6, 6.07) is 9.60. The molecule has 0 aromatic heterocycles. The van der Waals surface area contributed by atoms with Crippen LogP contribution in [0.3, 0.4) is 0 Å². The summed E-state index contributed by atoms with van der Waals surface area (Å²) < 4.78 is 5.10. The van der Waals surface area contributed by atoms with Gasteiger partial charge in [-0.2, -0.15) is 0 Å². The van der Waals surface area contributed by atoms with Gasteiger partial charge in [-0.05, 0) is 5.56 Å². The molecular formula is C17H29Cl2N3O2. The van der Waals surface area contributed by atoms with Crippen LogP contribution in [0.2, 0.25) is 0 Å². The first-order chi connectivity index (χ1) is 10.6. The summed E-state index contributed by atoms with van der Waals surface area (Å²) in [6.07, 6.45) is 0. The molecule has 1 aliphatic rings. The van der Waals surface area contributed by atoms with E-state index in [1.165, 1.54) is 0 Å². The van der Waals surface area contributed by atoms with E-state index in [0.29, 0.717) is 0 Å². The lowest BCUT2D eigenvalue weighted by Crippen LogP contribution is -2.51. The Hall–Kier alpha value is -0.850. The highest BCUT2D eigenvalue weighted by Crippen LogP contribution is 2.21. The van der Waals surface area contributed by atoms with E-state index in [0.717, 1.165) is 44.9 Å². The number of nitrogens with two attached hydrogens (primary N) is 1. The molecule has 5 nitrogen and oxygen atoms in total. The molecule has 0 spiro atoms. The fourth-order valence-electron chi connectivity index (χ4n) is 2.82. The van der Waals surface area contributed by atoms with E-state index in [-0.39, 0.29) is 42.7 Å². The molecule has 7 heteroatoms. The normalized spacial score (nSPS) is 17.4. The van der Waals surface area contributed by atoms with E-state index >= 15 is 0 Å². The van der Waals surface area contributed by atoms with Gasteiger partial charge in [0.25, 0.3) is 0 Å². The Bertz CT molecular complexity index is 468. The Morgan fingerprint density at radius 1 is 1.17 bits per heavy atom.